The quantitative estimate of drug-likeness (QED) is 0.310. The summed E-state index contributed by atoms with van der Waals surface area (Å²) < 4.78 is 0. The lowest BCUT2D eigenvalue weighted by atomic mass is 9.60. The second-order valence-corrected chi connectivity index (χ2v) is 8.16. The molecule has 8 nitrogen and oxygen atoms in total. The molecule has 4 heterocycles. The van der Waals surface area contributed by atoms with E-state index in [1.165, 1.54) is 0 Å². The fourth-order valence-corrected chi connectivity index (χ4v) is 5.01. The van der Waals surface area contributed by atoms with Gasteiger partial charge in [0, 0.05) is 37.0 Å². The van der Waals surface area contributed by atoms with Crippen LogP contribution >= 0.6 is 0 Å². The molecule has 0 saturated carbocycles. The van der Waals surface area contributed by atoms with Crippen molar-refractivity contribution in [2.45, 2.75) is 50.5 Å². The molecule has 4 atom stereocenters. The van der Waals surface area contributed by atoms with Crippen LogP contribution in [0.5, 0.6) is 0 Å². The van der Waals surface area contributed by atoms with Crippen molar-refractivity contribution in [1.29, 1.82) is 0 Å². The predicted octanol–water partition coefficient (Wildman–Crippen LogP) is -3.23. The zero-order chi connectivity index (χ0) is 17.2. The van der Waals surface area contributed by atoms with Crippen LogP contribution in [-0.2, 0) is 0 Å². The third-order valence-electron chi connectivity index (χ3n) is 5.91. The lowest BCUT2D eigenvalue weighted by Crippen LogP contribution is -2.81. The minimum absolute atomic E-state index is 0.282. The van der Waals surface area contributed by atoms with Gasteiger partial charge >= 0.3 is 0 Å². The topological polar surface area (TPSA) is 128 Å². The van der Waals surface area contributed by atoms with E-state index in [1.54, 1.807) is 0 Å². The molecule has 4 rings (SSSR count). The van der Waals surface area contributed by atoms with Crippen molar-refractivity contribution in [3.63, 3.8) is 0 Å². The molecule has 4 aliphatic rings. The van der Waals surface area contributed by atoms with E-state index >= 15 is 0 Å². The normalized spacial score (nSPS) is 50.6. The highest BCUT2D eigenvalue weighted by Crippen LogP contribution is 2.51. The molecule has 4 saturated heterocycles. The third-order valence-corrected chi connectivity index (χ3v) is 5.91. The number of rotatable bonds is 5. The third kappa shape index (κ3) is 2.52. The Balaban J connectivity index is 1.78. The van der Waals surface area contributed by atoms with Crippen LogP contribution in [0.15, 0.2) is 0 Å². The Hall–Kier alpha value is -0.320. The zero-order valence-corrected chi connectivity index (χ0v) is 13.6. The number of piperidine rings is 2. The molecule has 4 fully saturated rings. The van der Waals surface area contributed by atoms with Crippen LogP contribution in [0.2, 0.25) is 0 Å². The Morgan fingerprint density at radius 1 is 0.913 bits per heavy atom. The summed E-state index contributed by atoms with van der Waals surface area (Å²) in [7, 11) is 0. The van der Waals surface area contributed by atoms with Gasteiger partial charge in [0.2, 0.25) is 0 Å². The second-order valence-electron chi connectivity index (χ2n) is 8.16. The second kappa shape index (κ2) is 5.60. The van der Waals surface area contributed by atoms with E-state index in [2.05, 4.69) is 0 Å². The number of hydrogen-bond acceptors (Lipinski definition) is 8. The smallest absolute Gasteiger partial charge is 0.111 e. The summed E-state index contributed by atoms with van der Waals surface area (Å²) in [5.74, 6) is 0. The van der Waals surface area contributed by atoms with E-state index in [4.69, 9.17) is 5.11 Å². The maximum Gasteiger partial charge on any atom is 0.111 e. The fourth-order valence-electron chi connectivity index (χ4n) is 5.01. The summed E-state index contributed by atoms with van der Waals surface area (Å²) >= 11 is 0. The van der Waals surface area contributed by atoms with Crippen molar-refractivity contribution in [3.05, 3.63) is 0 Å². The number of nitrogens with zero attached hydrogens (tertiary/aromatic N) is 2. The van der Waals surface area contributed by atoms with Gasteiger partial charge in [0.05, 0.1) is 18.9 Å². The Labute approximate surface area is 135 Å². The Morgan fingerprint density at radius 2 is 1.35 bits per heavy atom. The molecule has 0 aromatic carbocycles. The highest BCUT2D eigenvalue weighted by atomic mass is 16.4. The Kier molecular flexibility index (Phi) is 4.26. The first-order valence-corrected chi connectivity index (χ1v) is 8.12. The van der Waals surface area contributed by atoms with Gasteiger partial charge in [0.1, 0.15) is 24.4 Å². The van der Waals surface area contributed by atoms with Crippen LogP contribution < -0.4 is 0 Å². The maximum atomic E-state index is 10.6. The molecule has 4 aliphatic heterocycles. The first-order chi connectivity index (χ1) is 10.6. The van der Waals surface area contributed by atoms with Gasteiger partial charge in [-0.05, 0) is 0 Å². The fraction of sp³-hybridized carbons (Fsp3) is 1.00. The van der Waals surface area contributed by atoms with Crippen molar-refractivity contribution in [3.8, 4) is 0 Å². The van der Waals surface area contributed by atoms with Crippen molar-refractivity contribution < 1.29 is 30.6 Å². The van der Waals surface area contributed by atoms with Crippen LogP contribution in [0.25, 0.3) is 0 Å². The van der Waals surface area contributed by atoms with Gasteiger partial charge < -0.3 is 30.6 Å². The summed E-state index contributed by atoms with van der Waals surface area (Å²) in [5, 5.41) is 59.6. The van der Waals surface area contributed by atoms with E-state index in [1.807, 2.05) is 23.6 Å². The molecule has 6 N–H and O–H groups in total. The number of aliphatic hydroxyl groups excluding tert-OH is 6. The molecule has 0 aromatic rings. The molecule has 0 aromatic heterocycles. The Bertz CT molecular complexity index is 425. The summed E-state index contributed by atoms with van der Waals surface area (Å²) in [5.41, 5.74) is -0.564. The van der Waals surface area contributed by atoms with Gasteiger partial charge in [0.15, 0.2) is 0 Å². The van der Waals surface area contributed by atoms with E-state index in [0.29, 0.717) is 26.2 Å². The minimum atomic E-state index is -1.62. The van der Waals surface area contributed by atoms with Crippen LogP contribution in [0.4, 0.5) is 0 Å². The standard InChI is InChI=1S/C15H28N2O6/c1-14-4-16-6-15(2,13(14)23)7-17(5-14)12(16)11(22)10(21)9(20)8(19)3-18/h8-13,18-23H,3-7H2,1-2H3/t8-,9-,10-,11-,12?,13?,14?,15?/m1/s1. The largest absolute Gasteiger partial charge is 0.394 e. The highest BCUT2D eigenvalue weighted by molar-refractivity contribution is 5.14. The zero-order valence-electron chi connectivity index (χ0n) is 13.6. The van der Waals surface area contributed by atoms with Gasteiger partial charge in [-0.25, -0.2) is 0 Å². The average molecular weight is 332 g/mol. The molecule has 0 amide bonds. The molecular formula is C15H28N2O6. The monoisotopic (exact) mass is 332 g/mol. The Morgan fingerprint density at radius 3 is 1.74 bits per heavy atom. The van der Waals surface area contributed by atoms with Gasteiger partial charge in [-0.3, -0.25) is 9.80 Å². The molecule has 0 spiro atoms. The predicted molar refractivity (Wildman–Crippen MR) is 80.3 cm³/mol. The van der Waals surface area contributed by atoms with Crippen LogP contribution in [0.3, 0.4) is 0 Å². The summed E-state index contributed by atoms with van der Waals surface area (Å²) in [6.45, 7) is 5.78. The summed E-state index contributed by atoms with van der Waals surface area (Å²) in [6.07, 6.45) is -6.85. The SMILES string of the molecule is CC12CN3CC(C)(CN(C1)C3[C@H](O)[C@H](O)[C@H](O)[C@H](O)CO)C2O. The molecule has 8 heteroatoms. The van der Waals surface area contributed by atoms with E-state index < -0.39 is 43.3 Å². The van der Waals surface area contributed by atoms with Crippen LogP contribution in [0.1, 0.15) is 13.8 Å². The minimum Gasteiger partial charge on any atom is -0.394 e. The lowest BCUT2D eigenvalue weighted by molar-refractivity contribution is -0.277. The van der Waals surface area contributed by atoms with E-state index in [0.717, 1.165) is 0 Å². The number of aliphatic hydroxyl groups is 6. The first-order valence-electron chi connectivity index (χ1n) is 8.12. The molecule has 0 unspecified atom stereocenters. The molecular weight excluding hydrogens is 304 g/mol. The molecule has 4 bridgehead atoms. The van der Waals surface area contributed by atoms with Crippen molar-refractivity contribution in [2.24, 2.45) is 10.8 Å². The molecule has 0 aliphatic carbocycles. The molecule has 23 heavy (non-hydrogen) atoms. The van der Waals surface area contributed by atoms with E-state index in [9.17, 15) is 25.5 Å². The average Bonchev–Trinajstić information content (AvgIpc) is 2.48. The highest BCUT2D eigenvalue weighted by Gasteiger charge is 2.63. The lowest BCUT2D eigenvalue weighted by Gasteiger charge is -2.68. The maximum absolute atomic E-state index is 10.6. The van der Waals surface area contributed by atoms with Crippen molar-refractivity contribution in [2.75, 3.05) is 32.8 Å². The van der Waals surface area contributed by atoms with Crippen molar-refractivity contribution >= 4 is 0 Å². The van der Waals surface area contributed by atoms with Crippen LogP contribution in [-0.4, -0.2) is 110 Å². The van der Waals surface area contributed by atoms with Crippen molar-refractivity contribution in [1.82, 2.24) is 9.80 Å². The number of hydrogen-bond donors (Lipinski definition) is 6. The molecule has 0 radical (unpaired) electrons. The van der Waals surface area contributed by atoms with Crippen LogP contribution in [0, 0.1) is 10.8 Å². The van der Waals surface area contributed by atoms with E-state index in [-0.39, 0.29) is 10.8 Å². The summed E-state index contributed by atoms with van der Waals surface area (Å²) in [6, 6.07) is 0. The first kappa shape index (κ1) is 17.5. The van der Waals surface area contributed by atoms with Gasteiger partial charge in [0.25, 0.3) is 0 Å². The van der Waals surface area contributed by atoms with Gasteiger partial charge in [-0.1, -0.05) is 13.8 Å². The van der Waals surface area contributed by atoms with Gasteiger partial charge in [-0.15, -0.1) is 0 Å². The van der Waals surface area contributed by atoms with Gasteiger partial charge in [-0.2, -0.15) is 0 Å². The summed E-state index contributed by atoms with van der Waals surface area (Å²) in [4.78, 5) is 4.07. The molecule has 134 valence electrons.